The van der Waals surface area contributed by atoms with Crippen molar-refractivity contribution < 1.29 is 9.59 Å². The van der Waals surface area contributed by atoms with Crippen LogP contribution in [0.5, 0.6) is 0 Å². The Bertz CT molecular complexity index is 696. The summed E-state index contributed by atoms with van der Waals surface area (Å²) in [6.07, 6.45) is 6.49. The highest BCUT2D eigenvalue weighted by Gasteiger charge is 2.60. The van der Waals surface area contributed by atoms with Crippen LogP contribution in [0.3, 0.4) is 0 Å². The van der Waals surface area contributed by atoms with Gasteiger partial charge in [-0.1, -0.05) is 29.8 Å². The molecule has 4 rings (SSSR count). The van der Waals surface area contributed by atoms with E-state index in [2.05, 4.69) is 12.2 Å². The molecule has 0 aromatic heterocycles. The zero-order valence-electron chi connectivity index (χ0n) is 11.8. The van der Waals surface area contributed by atoms with Gasteiger partial charge in [0.25, 0.3) is 0 Å². The van der Waals surface area contributed by atoms with Crippen LogP contribution < -0.4 is 4.90 Å². The van der Waals surface area contributed by atoms with E-state index in [-0.39, 0.29) is 17.7 Å². The molecule has 0 N–H and O–H groups in total. The van der Waals surface area contributed by atoms with Gasteiger partial charge in [-0.15, -0.1) is 0 Å². The molecule has 1 spiro atoms. The van der Waals surface area contributed by atoms with Crippen LogP contribution >= 0.6 is 11.6 Å². The largest absolute Gasteiger partial charge is 0.274 e. The minimum absolute atomic E-state index is 0.0377. The summed E-state index contributed by atoms with van der Waals surface area (Å²) in [5.74, 6) is 0.559. The summed E-state index contributed by atoms with van der Waals surface area (Å²) >= 11 is 6.14. The lowest BCUT2D eigenvalue weighted by Crippen LogP contribution is -2.38. The van der Waals surface area contributed by atoms with Crippen LogP contribution in [0, 0.1) is 24.2 Å². The lowest BCUT2D eigenvalue weighted by atomic mass is 9.74. The number of hydrogen-bond acceptors (Lipinski definition) is 2. The minimum atomic E-state index is -0.492. The molecule has 2 fully saturated rings. The van der Waals surface area contributed by atoms with Gasteiger partial charge >= 0.3 is 0 Å². The van der Waals surface area contributed by atoms with Crippen LogP contribution in [0.2, 0.25) is 5.02 Å². The number of aryl methyl sites for hydroxylation is 1. The van der Waals surface area contributed by atoms with Crippen LogP contribution in [0.1, 0.15) is 24.8 Å². The maximum absolute atomic E-state index is 13.0. The van der Waals surface area contributed by atoms with E-state index < -0.39 is 5.41 Å². The van der Waals surface area contributed by atoms with Crippen molar-refractivity contribution in [3.8, 4) is 0 Å². The van der Waals surface area contributed by atoms with Crippen molar-refractivity contribution in [2.75, 3.05) is 4.90 Å². The van der Waals surface area contributed by atoms with Crippen molar-refractivity contribution in [2.45, 2.75) is 26.2 Å². The van der Waals surface area contributed by atoms with Crippen molar-refractivity contribution in [1.82, 2.24) is 0 Å². The summed E-state index contributed by atoms with van der Waals surface area (Å²) in [5, 5.41) is 0.585. The molecule has 3 atom stereocenters. The van der Waals surface area contributed by atoms with Gasteiger partial charge < -0.3 is 0 Å². The van der Waals surface area contributed by atoms with E-state index in [0.717, 1.165) is 18.4 Å². The normalized spacial score (nSPS) is 33.7. The second-order valence-corrected chi connectivity index (χ2v) is 6.90. The van der Waals surface area contributed by atoms with Crippen LogP contribution in [0.15, 0.2) is 30.4 Å². The number of imide groups is 1. The molecule has 0 radical (unpaired) electrons. The predicted molar refractivity (Wildman–Crippen MR) is 81.1 cm³/mol. The Balaban J connectivity index is 1.74. The molecule has 4 heteroatoms. The number of halogens is 1. The lowest BCUT2D eigenvalue weighted by Gasteiger charge is -2.28. The van der Waals surface area contributed by atoms with E-state index in [1.54, 1.807) is 12.1 Å². The number of rotatable bonds is 1. The third-order valence-electron chi connectivity index (χ3n) is 5.27. The van der Waals surface area contributed by atoms with E-state index in [9.17, 15) is 9.59 Å². The smallest absolute Gasteiger partial charge is 0.241 e. The van der Waals surface area contributed by atoms with Gasteiger partial charge in [0.05, 0.1) is 11.1 Å². The second kappa shape index (κ2) is 4.20. The molecule has 1 heterocycles. The van der Waals surface area contributed by atoms with Gasteiger partial charge in [0.1, 0.15) is 0 Å². The van der Waals surface area contributed by atoms with Crippen molar-refractivity contribution >= 4 is 29.1 Å². The summed E-state index contributed by atoms with van der Waals surface area (Å²) in [5.41, 5.74) is 1.05. The molecule has 1 aromatic rings. The number of carbonyl (C=O) groups excluding carboxylic acids is 2. The number of fused-ring (bicyclic) bond motifs is 3. The molecule has 1 aliphatic heterocycles. The average Bonchev–Trinajstić information content (AvgIpc) is 3.09. The van der Waals surface area contributed by atoms with E-state index >= 15 is 0 Å². The van der Waals surface area contributed by atoms with Crippen LogP contribution in [0.25, 0.3) is 0 Å². The number of hydrogen-bond donors (Lipinski definition) is 0. The van der Waals surface area contributed by atoms with E-state index in [4.69, 9.17) is 11.6 Å². The zero-order chi connectivity index (χ0) is 14.8. The molecule has 3 aliphatic rings. The van der Waals surface area contributed by atoms with Crippen molar-refractivity contribution in [2.24, 2.45) is 17.3 Å². The van der Waals surface area contributed by atoms with E-state index in [1.807, 2.05) is 13.0 Å². The fourth-order valence-electron chi connectivity index (χ4n) is 4.15. The summed E-state index contributed by atoms with van der Waals surface area (Å²) in [7, 11) is 0. The predicted octanol–water partition coefficient (Wildman–Crippen LogP) is 3.49. The molecule has 1 saturated heterocycles. The Labute approximate surface area is 128 Å². The highest BCUT2D eigenvalue weighted by Crippen LogP contribution is 2.57. The molecule has 2 aliphatic carbocycles. The number of allylic oxidation sites excluding steroid dienone is 2. The number of carbonyl (C=O) groups is 2. The van der Waals surface area contributed by atoms with Gasteiger partial charge in [0.2, 0.25) is 11.8 Å². The lowest BCUT2D eigenvalue weighted by molar-refractivity contribution is -0.126. The fraction of sp³-hybridized carbons (Fsp3) is 0.412. The third-order valence-corrected chi connectivity index (χ3v) is 5.67. The molecule has 1 saturated carbocycles. The van der Waals surface area contributed by atoms with Crippen LogP contribution in [-0.4, -0.2) is 11.8 Å². The van der Waals surface area contributed by atoms with E-state index in [0.29, 0.717) is 23.0 Å². The molecule has 3 nitrogen and oxygen atoms in total. The zero-order valence-corrected chi connectivity index (χ0v) is 12.6. The van der Waals surface area contributed by atoms with Crippen LogP contribution in [-0.2, 0) is 9.59 Å². The minimum Gasteiger partial charge on any atom is -0.274 e. The first-order valence-corrected chi connectivity index (χ1v) is 7.71. The molecule has 21 heavy (non-hydrogen) atoms. The monoisotopic (exact) mass is 301 g/mol. The third kappa shape index (κ3) is 1.67. The maximum Gasteiger partial charge on any atom is 0.241 e. The van der Waals surface area contributed by atoms with Gasteiger partial charge in [-0.05, 0) is 49.3 Å². The highest BCUT2D eigenvalue weighted by atomic mass is 35.5. The summed E-state index contributed by atoms with van der Waals surface area (Å²) in [6, 6.07) is 5.37. The fourth-order valence-corrected chi connectivity index (χ4v) is 4.32. The standard InChI is InChI=1S/C17H16ClNO2/c1-10-2-5-13(7-14(10)18)19-15(20)9-17(16(19)21)8-11-3-4-12(17)6-11/h2-5,7,11-12H,6,8-9H2,1H3/t11-,12+,17-/m0/s1. The average molecular weight is 302 g/mol. The quantitative estimate of drug-likeness (QED) is 0.588. The number of nitrogens with zero attached hydrogens (tertiary/aromatic N) is 1. The highest BCUT2D eigenvalue weighted by molar-refractivity contribution is 6.32. The first kappa shape index (κ1) is 13.1. The molecular weight excluding hydrogens is 286 g/mol. The summed E-state index contributed by atoms with van der Waals surface area (Å²) in [6.45, 7) is 1.90. The van der Waals surface area contributed by atoms with Gasteiger partial charge in [-0.2, -0.15) is 0 Å². The molecule has 2 amide bonds. The Morgan fingerprint density at radius 3 is 2.71 bits per heavy atom. The Morgan fingerprint density at radius 1 is 1.29 bits per heavy atom. The van der Waals surface area contributed by atoms with E-state index in [1.165, 1.54) is 4.90 Å². The first-order valence-electron chi connectivity index (χ1n) is 7.33. The number of amides is 2. The van der Waals surface area contributed by atoms with Gasteiger partial charge in [-0.25, -0.2) is 4.90 Å². The number of anilines is 1. The first-order chi connectivity index (χ1) is 10.0. The van der Waals surface area contributed by atoms with Crippen molar-refractivity contribution in [3.05, 3.63) is 40.9 Å². The Kier molecular flexibility index (Phi) is 2.62. The van der Waals surface area contributed by atoms with Gasteiger partial charge in [-0.3, -0.25) is 9.59 Å². The van der Waals surface area contributed by atoms with Gasteiger partial charge in [0.15, 0.2) is 0 Å². The maximum atomic E-state index is 13.0. The summed E-state index contributed by atoms with van der Waals surface area (Å²) in [4.78, 5) is 26.8. The summed E-state index contributed by atoms with van der Waals surface area (Å²) < 4.78 is 0. The van der Waals surface area contributed by atoms with Crippen molar-refractivity contribution in [3.63, 3.8) is 0 Å². The SMILES string of the molecule is Cc1ccc(N2C(=O)C[C@]3(C[C@H]4C=C[C@@H]3C4)C2=O)cc1Cl. The molecule has 108 valence electrons. The Hall–Kier alpha value is -1.61. The molecule has 2 bridgehead atoms. The Morgan fingerprint density at radius 2 is 2.10 bits per heavy atom. The second-order valence-electron chi connectivity index (χ2n) is 6.49. The molecule has 0 unspecified atom stereocenters. The topological polar surface area (TPSA) is 37.4 Å². The van der Waals surface area contributed by atoms with Crippen molar-refractivity contribution in [1.29, 1.82) is 0 Å². The van der Waals surface area contributed by atoms with Crippen LogP contribution in [0.4, 0.5) is 5.69 Å². The van der Waals surface area contributed by atoms with Gasteiger partial charge in [0, 0.05) is 11.4 Å². The molecule has 1 aromatic carbocycles. The number of benzene rings is 1. The molecular formula is C17H16ClNO2.